The summed E-state index contributed by atoms with van der Waals surface area (Å²) in [7, 11) is 2.00. The van der Waals surface area contributed by atoms with Gasteiger partial charge in [0.15, 0.2) is 0 Å². The van der Waals surface area contributed by atoms with Crippen LogP contribution in [0.25, 0.3) is 0 Å². The summed E-state index contributed by atoms with van der Waals surface area (Å²) in [6, 6.07) is 17.4. The van der Waals surface area contributed by atoms with Gasteiger partial charge in [-0.15, -0.1) is 0 Å². The highest BCUT2D eigenvalue weighted by Crippen LogP contribution is 2.14. The molecule has 2 heterocycles. The fraction of sp³-hybridized carbons (Fsp3) is 0.158. The lowest BCUT2D eigenvalue weighted by Crippen LogP contribution is -2.24. The number of amides is 1. The maximum atomic E-state index is 12.1. The first-order chi connectivity index (χ1) is 11.7. The topological polar surface area (TPSA) is 58.4 Å². The number of carbonyl (C=O) groups is 1. The zero-order chi connectivity index (χ0) is 16.8. The van der Waals surface area contributed by atoms with Crippen LogP contribution >= 0.6 is 0 Å². The number of furan rings is 1. The Morgan fingerprint density at radius 3 is 2.62 bits per heavy atom. The van der Waals surface area contributed by atoms with Crippen molar-refractivity contribution in [3.63, 3.8) is 0 Å². The second kappa shape index (κ2) is 7.46. The van der Waals surface area contributed by atoms with Crippen LogP contribution in [-0.4, -0.2) is 17.9 Å². The molecule has 2 aromatic heterocycles. The van der Waals surface area contributed by atoms with Crippen molar-refractivity contribution in [1.29, 1.82) is 0 Å². The van der Waals surface area contributed by atoms with Gasteiger partial charge in [-0.25, -0.2) is 4.98 Å². The van der Waals surface area contributed by atoms with Crippen LogP contribution in [0.4, 0.5) is 5.69 Å². The van der Waals surface area contributed by atoms with Crippen molar-refractivity contribution in [2.45, 2.75) is 13.1 Å². The highest BCUT2D eigenvalue weighted by atomic mass is 16.3. The van der Waals surface area contributed by atoms with Crippen molar-refractivity contribution in [3.05, 3.63) is 84.1 Å². The molecule has 24 heavy (non-hydrogen) atoms. The quantitative estimate of drug-likeness (QED) is 0.757. The number of pyridine rings is 1. The maximum Gasteiger partial charge on any atom is 0.270 e. The zero-order valence-electron chi connectivity index (χ0n) is 13.5. The first-order valence-corrected chi connectivity index (χ1v) is 7.74. The third-order valence-electron chi connectivity index (χ3n) is 3.69. The molecule has 0 saturated heterocycles. The fourth-order valence-electron chi connectivity index (χ4n) is 2.37. The van der Waals surface area contributed by atoms with Crippen LogP contribution in [0.15, 0.2) is 71.5 Å². The van der Waals surface area contributed by atoms with Crippen molar-refractivity contribution >= 4 is 11.6 Å². The molecule has 3 rings (SSSR count). The Bertz CT molecular complexity index is 768. The Balaban J connectivity index is 1.59. The Labute approximate surface area is 140 Å². The second-order valence-electron chi connectivity index (χ2n) is 5.51. The largest absolute Gasteiger partial charge is 0.467 e. The summed E-state index contributed by atoms with van der Waals surface area (Å²) in [5.41, 5.74) is 2.57. The summed E-state index contributed by atoms with van der Waals surface area (Å²) < 4.78 is 5.19. The van der Waals surface area contributed by atoms with Gasteiger partial charge in [0.05, 0.1) is 24.7 Å². The summed E-state index contributed by atoms with van der Waals surface area (Å²) in [5, 5.41) is 2.78. The molecule has 122 valence electrons. The van der Waals surface area contributed by atoms with Crippen LogP contribution in [0.3, 0.4) is 0 Å². The molecule has 0 aliphatic heterocycles. The van der Waals surface area contributed by atoms with E-state index in [0.29, 0.717) is 18.0 Å². The van der Waals surface area contributed by atoms with Crippen LogP contribution < -0.4 is 10.2 Å². The third-order valence-corrected chi connectivity index (χ3v) is 3.69. The van der Waals surface area contributed by atoms with Crippen LogP contribution in [0, 0.1) is 0 Å². The number of hydrogen-bond acceptors (Lipinski definition) is 4. The first-order valence-electron chi connectivity index (χ1n) is 7.74. The van der Waals surface area contributed by atoms with Crippen LogP contribution in [0.2, 0.25) is 0 Å². The number of anilines is 1. The molecule has 0 unspecified atom stereocenters. The number of nitrogens with one attached hydrogen (secondary N) is 1. The molecule has 0 saturated carbocycles. The third kappa shape index (κ3) is 4.01. The molecule has 0 spiro atoms. The van der Waals surface area contributed by atoms with E-state index in [2.05, 4.69) is 27.3 Å². The molecule has 0 bridgehead atoms. The van der Waals surface area contributed by atoms with Gasteiger partial charge in [-0.1, -0.05) is 30.3 Å². The Morgan fingerprint density at radius 1 is 1.12 bits per heavy atom. The van der Waals surface area contributed by atoms with Crippen molar-refractivity contribution in [2.75, 3.05) is 11.9 Å². The number of hydrogen-bond donors (Lipinski definition) is 1. The first kappa shape index (κ1) is 15.8. The molecule has 5 heteroatoms. The molecule has 0 atom stereocenters. The molecule has 5 nitrogen and oxygen atoms in total. The van der Waals surface area contributed by atoms with E-state index in [1.165, 1.54) is 5.56 Å². The summed E-state index contributed by atoms with van der Waals surface area (Å²) in [4.78, 5) is 18.4. The smallest absolute Gasteiger partial charge is 0.270 e. The van der Waals surface area contributed by atoms with Gasteiger partial charge in [-0.3, -0.25) is 4.79 Å². The van der Waals surface area contributed by atoms with Crippen LogP contribution in [0.5, 0.6) is 0 Å². The van der Waals surface area contributed by atoms with Crippen molar-refractivity contribution in [2.24, 2.45) is 0 Å². The standard InChI is InChI=1S/C19H19N3O2/c1-22(14-15-6-3-2-4-7-15)16-9-10-18(20-12-16)19(23)21-13-17-8-5-11-24-17/h2-12H,13-14H2,1H3,(H,21,23). The predicted molar refractivity (Wildman–Crippen MR) is 92.7 cm³/mol. The molecule has 0 aliphatic rings. The van der Waals surface area contributed by atoms with E-state index in [1.807, 2.05) is 37.4 Å². The highest BCUT2D eigenvalue weighted by molar-refractivity contribution is 5.92. The number of rotatable bonds is 6. The number of benzene rings is 1. The molecular weight excluding hydrogens is 302 g/mol. The minimum atomic E-state index is -0.219. The van der Waals surface area contributed by atoms with Crippen LogP contribution in [-0.2, 0) is 13.1 Å². The molecule has 0 fully saturated rings. The van der Waals surface area contributed by atoms with E-state index in [0.717, 1.165) is 12.2 Å². The Hall–Kier alpha value is -3.08. The Kier molecular flexibility index (Phi) is 4.91. The van der Waals surface area contributed by atoms with E-state index in [9.17, 15) is 4.79 Å². The number of nitrogens with zero attached hydrogens (tertiary/aromatic N) is 2. The van der Waals surface area contributed by atoms with E-state index >= 15 is 0 Å². The fourth-order valence-corrected chi connectivity index (χ4v) is 2.37. The molecular formula is C19H19N3O2. The van der Waals surface area contributed by atoms with Gasteiger partial charge in [0.1, 0.15) is 11.5 Å². The summed E-state index contributed by atoms with van der Waals surface area (Å²) in [6.07, 6.45) is 3.29. The van der Waals surface area contributed by atoms with Gasteiger partial charge >= 0.3 is 0 Å². The number of aromatic nitrogens is 1. The van der Waals surface area contributed by atoms with Gasteiger partial charge in [0.2, 0.25) is 0 Å². The zero-order valence-corrected chi connectivity index (χ0v) is 13.5. The molecule has 3 aromatic rings. The van der Waals surface area contributed by atoms with E-state index in [-0.39, 0.29) is 5.91 Å². The highest BCUT2D eigenvalue weighted by Gasteiger charge is 2.09. The van der Waals surface area contributed by atoms with Crippen molar-refractivity contribution in [3.8, 4) is 0 Å². The van der Waals surface area contributed by atoms with Gasteiger partial charge in [0, 0.05) is 13.6 Å². The SMILES string of the molecule is CN(Cc1ccccc1)c1ccc(C(=O)NCc2ccco2)nc1. The monoisotopic (exact) mass is 321 g/mol. The molecule has 1 amide bonds. The molecule has 0 aliphatic carbocycles. The van der Waals surface area contributed by atoms with Crippen molar-refractivity contribution < 1.29 is 9.21 Å². The average molecular weight is 321 g/mol. The minimum Gasteiger partial charge on any atom is -0.467 e. The van der Waals surface area contributed by atoms with Crippen molar-refractivity contribution in [1.82, 2.24) is 10.3 Å². The normalized spacial score (nSPS) is 10.4. The summed E-state index contributed by atoms with van der Waals surface area (Å²) in [6.45, 7) is 1.13. The molecule has 1 aromatic carbocycles. The lowest BCUT2D eigenvalue weighted by molar-refractivity contribution is 0.0943. The Morgan fingerprint density at radius 2 is 1.96 bits per heavy atom. The van der Waals surface area contributed by atoms with Gasteiger partial charge in [-0.05, 0) is 29.8 Å². The lowest BCUT2D eigenvalue weighted by Gasteiger charge is -2.19. The number of carbonyl (C=O) groups excluding carboxylic acids is 1. The summed E-state index contributed by atoms with van der Waals surface area (Å²) >= 11 is 0. The average Bonchev–Trinajstić information content (AvgIpc) is 3.14. The van der Waals surface area contributed by atoms with E-state index in [4.69, 9.17) is 4.42 Å². The van der Waals surface area contributed by atoms with Gasteiger partial charge in [-0.2, -0.15) is 0 Å². The minimum absolute atomic E-state index is 0.219. The van der Waals surface area contributed by atoms with E-state index in [1.54, 1.807) is 24.6 Å². The predicted octanol–water partition coefficient (Wildman–Crippen LogP) is 3.24. The lowest BCUT2D eigenvalue weighted by atomic mass is 10.2. The van der Waals surface area contributed by atoms with Gasteiger partial charge in [0.25, 0.3) is 5.91 Å². The van der Waals surface area contributed by atoms with Gasteiger partial charge < -0.3 is 14.6 Å². The van der Waals surface area contributed by atoms with Crippen LogP contribution in [0.1, 0.15) is 21.8 Å². The molecule has 0 radical (unpaired) electrons. The second-order valence-corrected chi connectivity index (χ2v) is 5.51. The van der Waals surface area contributed by atoms with E-state index < -0.39 is 0 Å². The summed E-state index contributed by atoms with van der Waals surface area (Å²) in [5.74, 6) is 0.492. The molecule has 1 N–H and O–H groups in total. The maximum absolute atomic E-state index is 12.1.